The van der Waals surface area contributed by atoms with Crippen molar-refractivity contribution in [2.75, 3.05) is 38.2 Å². The maximum Gasteiger partial charge on any atom is 0.240 e. The van der Waals surface area contributed by atoms with Gasteiger partial charge >= 0.3 is 0 Å². The molecule has 5 rings (SSSR count). The maximum atomic E-state index is 12.7. The molecule has 1 aliphatic heterocycles. The van der Waals surface area contributed by atoms with E-state index in [2.05, 4.69) is 20.3 Å². The zero-order valence-electron chi connectivity index (χ0n) is 18.2. The summed E-state index contributed by atoms with van der Waals surface area (Å²) in [7, 11) is 0. The zero-order chi connectivity index (χ0) is 23.5. The molecule has 0 atom stereocenters. The molecule has 7 nitrogen and oxygen atoms in total. The Bertz CT molecular complexity index is 1340. The van der Waals surface area contributed by atoms with Gasteiger partial charge in [0.15, 0.2) is 0 Å². The number of nitrogens with one attached hydrogen (secondary N) is 1. The summed E-state index contributed by atoms with van der Waals surface area (Å²) in [4.78, 5) is 28.5. The summed E-state index contributed by atoms with van der Waals surface area (Å²) in [5, 5.41) is 4.73. The number of carbonyl (C=O) groups is 1. The fraction of sp³-hybridized carbons (Fsp3) is 0.200. The van der Waals surface area contributed by atoms with Gasteiger partial charge < -0.3 is 4.74 Å². The Hall–Kier alpha value is -3.10. The number of anilines is 1. The number of aromatic nitrogens is 3. The lowest BCUT2D eigenvalue weighted by Crippen LogP contribution is -2.41. The number of benzene rings is 2. The van der Waals surface area contributed by atoms with Gasteiger partial charge in [-0.25, -0.2) is 15.0 Å². The lowest BCUT2D eigenvalue weighted by Gasteiger charge is -2.25. The first-order valence-corrected chi connectivity index (χ1v) is 11.6. The molecule has 0 saturated carbocycles. The molecule has 2 aromatic carbocycles. The van der Waals surface area contributed by atoms with Crippen LogP contribution in [0.2, 0.25) is 10.2 Å². The molecule has 4 aromatic rings. The quantitative estimate of drug-likeness (QED) is 0.396. The van der Waals surface area contributed by atoms with Gasteiger partial charge in [0.05, 0.1) is 36.7 Å². The smallest absolute Gasteiger partial charge is 0.240 e. The molecular formula is C25H21Cl2N5O2. The van der Waals surface area contributed by atoms with E-state index in [1.807, 2.05) is 53.4 Å². The molecule has 0 bridgehead atoms. The fourth-order valence-electron chi connectivity index (χ4n) is 3.81. The van der Waals surface area contributed by atoms with Crippen molar-refractivity contribution in [3.63, 3.8) is 0 Å². The van der Waals surface area contributed by atoms with Crippen LogP contribution in [0.25, 0.3) is 33.4 Å². The number of nitrogens with zero attached hydrogens (tertiary/aromatic N) is 4. The number of fused-ring (bicyclic) bond motifs is 1. The number of morpholine rings is 1. The van der Waals surface area contributed by atoms with Crippen molar-refractivity contribution in [2.24, 2.45) is 0 Å². The van der Waals surface area contributed by atoms with Crippen LogP contribution < -0.4 is 5.32 Å². The van der Waals surface area contributed by atoms with Gasteiger partial charge in [-0.1, -0.05) is 53.5 Å². The van der Waals surface area contributed by atoms with Crippen LogP contribution in [0.5, 0.6) is 0 Å². The van der Waals surface area contributed by atoms with Crippen molar-refractivity contribution in [1.82, 2.24) is 19.9 Å². The van der Waals surface area contributed by atoms with Crippen LogP contribution in [0.3, 0.4) is 0 Å². The second-order valence-corrected chi connectivity index (χ2v) is 8.72. The number of carbonyl (C=O) groups excluding carboxylic acids is 1. The second-order valence-electron chi connectivity index (χ2n) is 7.93. The molecule has 3 heterocycles. The highest BCUT2D eigenvalue weighted by atomic mass is 35.5. The van der Waals surface area contributed by atoms with E-state index in [9.17, 15) is 4.79 Å². The number of hydrogen-bond donors (Lipinski definition) is 1. The number of halogens is 2. The van der Waals surface area contributed by atoms with Crippen molar-refractivity contribution in [1.29, 1.82) is 0 Å². The standard InChI is InChI=1S/C25H21Cl2N5O2/c26-18-7-5-16(6-8-18)21-14-22(19-13-17-3-1-2-4-20(17)28-24(19)27)30-25(29-21)31-23(33)15-32-9-11-34-12-10-32/h1-8,13-14H,9-12,15H2,(H,29,30,31,33). The molecule has 1 amide bonds. The summed E-state index contributed by atoms with van der Waals surface area (Å²) in [6.07, 6.45) is 0. The van der Waals surface area contributed by atoms with E-state index in [0.29, 0.717) is 53.4 Å². The minimum absolute atomic E-state index is 0.191. The average molecular weight is 494 g/mol. The number of para-hydroxylation sites is 1. The molecule has 1 fully saturated rings. The van der Waals surface area contributed by atoms with Crippen LogP contribution in [0, 0.1) is 0 Å². The third-order valence-corrected chi connectivity index (χ3v) is 6.08. The number of rotatable bonds is 5. The summed E-state index contributed by atoms with van der Waals surface area (Å²) >= 11 is 12.6. The highest BCUT2D eigenvalue weighted by molar-refractivity contribution is 6.32. The van der Waals surface area contributed by atoms with Crippen LogP contribution in [-0.4, -0.2) is 58.6 Å². The average Bonchev–Trinajstić information content (AvgIpc) is 2.84. The van der Waals surface area contributed by atoms with Gasteiger partial charge in [-0.3, -0.25) is 15.0 Å². The number of hydrogen-bond acceptors (Lipinski definition) is 6. The summed E-state index contributed by atoms with van der Waals surface area (Å²) in [6.45, 7) is 2.90. The summed E-state index contributed by atoms with van der Waals surface area (Å²) < 4.78 is 5.35. The van der Waals surface area contributed by atoms with E-state index in [1.54, 1.807) is 12.1 Å². The molecule has 9 heteroatoms. The van der Waals surface area contributed by atoms with Crippen molar-refractivity contribution < 1.29 is 9.53 Å². The van der Waals surface area contributed by atoms with Crippen LogP contribution in [0.4, 0.5) is 5.95 Å². The van der Waals surface area contributed by atoms with Gasteiger partial charge in [-0.05, 0) is 30.3 Å². The molecule has 2 aromatic heterocycles. The third-order valence-electron chi connectivity index (χ3n) is 5.54. The minimum Gasteiger partial charge on any atom is -0.379 e. The third kappa shape index (κ3) is 5.18. The van der Waals surface area contributed by atoms with Gasteiger partial charge in [0.1, 0.15) is 5.15 Å². The maximum absolute atomic E-state index is 12.7. The van der Waals surface area contributed by atoms with Crippen LogP contribution in [0.1, 0.15) is 0 Å². The Morgan fingerprint density at radius 1 is 0.941 bits per heavy atom. The van der Waals surface area contributed by atoms with Gasteiger partial charge in [0, 0.05) is 34.6 Å². The predicted molar refractivity (Wildman–Crippen MR) is 134 cm³/mol. The first-order chi connectivity index (χ1) is 16.5. The molecule has 0 radical (unpaired) electrons. The molecule has 1 N–H and O–H groups in total. The van der Waals surface area contributed by atoms with E-state index < -0.39 is 0 Å². The van der Waals surface area contributed by atoms with E-state index in [0.717, 1.165) is 16.5 Å². The predicted octanol–water partition coefficient (Wildman–Crippen LogP) is 4.94. The van der Waals surface area contributed by atoms with Crippen LogP contribution >= 0.6 is 23.2 Å². The molecule has 172 valence electrons. The lowest BCUT2D eigenvalue weighted by atomic mass is 10.1. The van der Waals surface area contributed by atoms with E-state index >= 15 is 0 Å². The molecule has 0 unspecified atom stereocenters. The largest absolute Gasteiger partial charge is 0.379 e. The molecule has 34 heavy (non-hydrogen) atoms. The Balaban J connectivity index is 1.53. The minimum atomic E-state index is -0.191. The molecule has 0 aliphatic carbocycles. The normalized spacial score (nSPS) is 14.3. The second kappa shape index (κ2) is 10.0. The van der Waals surface area contributed by atoms with Crippen LogP contribution in [-0.2, 0) is 9.53 Å². The highest BCUT2D eigenvalue weighted by Gasteiger charge is 2.17. The van der Waals surface area contributed by atoms with Gasteiger partial charge in [0.2, 0.25) is 11.9 Å². The first-order valence-electron chi connectivity index (χ1n) is 10.9. The topological polar surface area (TPSA) is 80.2 Å². The van der Waals surface area contributed by atoms with Crippen LogP contribution in [0.15, 0.2) is 60.7 Å². The van der Waals surface area contributed by atoms with Gasteiger partial charge in [0.25, 0.3) is 0 Å². The van der Waals surface area contributed by atoms with E-state index in [1.165, 1.54) is 0 Å². The molecule has 0 spiro atoms. The fourth-order valence-corrected chi connectivity index (χ4v) is 4.18. The number of amides is 1. The Kier molecular flexibility index (Phi) is 6.69. The van der Waals surface area contributed by atoms with Crippen molar-refractivity contribution >= 4 is 46.0 Å². The Morgan fingerprint density at radius 2 is 1.68 bits per heavy atom. The Labute approximate surface area is 206 Å². The molecule has 1 saturated heterocycles. The number of ether oxygens (including phenoxy) is 1. The van der Waals surface area contributed by atoms with Gasteiger partial charge in [-0.2, -0.15) is 0 Å². The Morgan fingerprint density at radius 3 is 2.47 bits per heavy atom. The zero-order valence-corrected chi connectivity index (χ0v) is 19.7. The van der Waals surface area contributed by atoms with Gasteiger partial charge in [-0.15, -0.1) is 0 Å². The summed E-state index contributed by atoms with van der Waals surface area (Å²) in [6, 6.07) is 18.8. The van der Waals surface area contributed by atoms with E-state index in [4.69, 9.17) is 27.9 Å². The summed E-state index contributed by atoms with van der Waals surface area (Å²) in [5.41, 5.74) is 3.47. The SMILES string of the molecule is O=C(CN1CCOCC1)Nc1nc(-c2ccc(Cl)cc2)cc(-c2cc3ccccc3nc2Cl)n1. The first kappa shape index (κ1) is 22.7. The van der Waals surface area contributed by atoms with E-state index in [-0.39, 0.29) is 18.4 Å². The van der Waals surface area contributed by atoms with Crippen molar-refractivity contribution in [3.05, 3.63) is 70.8 Å². The summed E-state index contributed by atoms with van der Waals surface area (Å²) in [5.74, 6) is 0.00812. The molecular weight excluding hydrogens is 473 g/mol. The number of pyridine rings is 1. The molecule has 1 aliphatic rings. The van der Waals surface area contributed by atoms with Crippen molar-refractivity contribution in [3.8, 4) is 22.5 Å². The van der Waals surface area contributed by atoms with Crippen molar-refractivity contribution in [2.45, 2.75) is 0 Å². The lowest BCUT2D eigenvalue weighted by molar-refractivity contribution is -0.118. The highest BCUT2D eigenvalue weighted by Crippen LogP contribution is 2.32. The monoisotopic (exact) mass is 493 g/mol.